The summed E-state index contributed by atoms with van der Waals surface area (Å²) in [5.41, 5.74) is 0.492. The number of rotatable bonds is 3. The summed E-state index contributed by atoms with van der Waals surface area (Å²) in [6, 6.07) is 5.01. The molecule has 0 spiro atoms. The topological polar surface area (TPSA) is 55.1 Å². The lowest BCUT2D eigenvalue weighted by Gasteiger charge is -2.04. The lowest BCUT2D eigenvalue weighted by Crippen LogP contribution is -2.22. The maximum atomic E-state index is 11.8. The molecule has 6 heteroatoms. The van der Waals surface area contributed by atoms with E-state index in [2.05, 4.69) is 26.2 Å². The van der Waals surface area contributed by atoms with E-state index in [1.807, 2.05) is 0 Å². The third-order valence-corrected chi connectivity index (χ3v) is 3.48. The van der Waals surface area contributed by atoms with Crippen molar-refractivity contribution in [1.82, 2.24) is 10.3 Å². The summed E-state index contributed by atoms with van der Waals surface area (Å²) in [6.07, 6.45) is 1.61. The number of nitrogens with zero attached hydrogens (tertiary/aromatic N) is 1. The number of amides is 1. The van der Waals surface area contributed by atoms with Gasteiger partial charge in [-0.3, -0.25) is 4.79 Å². The van der Waals surface area contributed by atoms with Crippen molar-refractivity contribution >= 4 is 33.4 Å². The molecule has 2 aromatic rings. The Hall–Kier alpha value is -1.33. The van der Waals surface area contributed by atoms with Crippen LogP contribution in [0.15, 0.2) is 33.3 Å². The number of hydrogen-bond acceptors (Lipinski definition) is 3. The minimum atomic E-state index is -0.222. The molecule has 1 amide bonds. The molecule has 0 radical (unpaired) electrons. The molecule has 0 saturated heterocycles. The Bertz CT molecular complexity index is 583. The summed E-state index contributed by atoms with van der Waals surface area (Å²) in [7, 11) is 0. The summed E-state index contributed by atoms with van der Waals surface area (Å²) in [6.45, 7) is 2.05. The first-order valence-electron chi connectivity index (χ1n) is 5.21. The Labute approximate surface area is 117 Å². The predicted octanol–water partition coefficient (Wildman–Crippen LogP) is 3.33. The van der Waals surface area contributed by atoms with Crippen LogP contribution in [0.1, 0.15) is 22.0 Å². The largest absolute Gasteiger partial charge is 0.444 e. The standard InChI is InChI=1S/C12H10BrClN2O2/c1-7-5-15-11(18-7)6-16-12(17)8-2-3-9(13)10(14)4-8/h2-5H,6H2,1H3,(H,16,17). The fraction of sp³-hybridized carbons (Fsp3) is 0.167. The van der Waals surface area contributed by atoms with Gasteiger partial charge in [0.05, 0.1) is 17.8 Å². The average molecular weight is 330 g/mol. The molecule has 0 aliphatic carbocycles. The maximum absolute atomic E-state index is 11.8. The fourth-order valence-corrected chi connectivity index (χ4v) is 1.81. The van der Waals surface area contributed by atoms with Gasteiger partial charge in [-0.25, -0.2) is 4.98 Å². The third-order valence-electron chi connectivity index (χ3n) is 2.25. The van der Waals surface area contributed by atoms with Crippen molar-refractivity contribution in [2.45, 2.75) is 13.5 Å². The number of benzene rings is 1. The number of nitrogens with one attached hydrogen (secondary N) is 1. The van der Waals surface area contributed by atoms with Crippen LogP contribution in [0.5, 0.6) is 0 Å². The van der Waals surface area contributed by atoms with E-state index in [4.69, 9.17) is 16.0 Å². The first-order chi connectivity index (χ1) is 8.56. The number of aromatic nitrogens is 1. The molecule has 0 atom stereocenters. The first-order valence-corrected chi connectivity index (χ1v) is 6.38. The van der Waals surface area contributed by atoms with E-state index in [1.54, 1.807) is 31.3 Å². The van der Waals surface area contributed by atoms with Gasteiger partial charge in [-0.15, -0.1) is 0 Å². The van der Waals surface area contributed by atoms with Crippen LogP contribution in [0, 0.1) is 6.92 Å². The molecule has 1 N–H and O–H groups in total. The molecule has 2 rings (SSSR count). The number of aryl methyl sites for hydroxylation is 1. The van der Waals surface area contributed by atoms with E-state index in [9.17, 15) is 4.79 Å². The van der Waals surface area contributed by atoms with E-state index < -0.39 is 0 Å². The smallest absolute Gasteiger partial charge is 0.251 e. The van der Waals surface area contributed by atoms with Crippen LogP contribution in [0.4, 0.5) is 0 Å². The highest BCUT2D eigenvalue weighted by Gasteiger charge is 2.09. The lowest BCUT2D eigenvalue weighted by molar-refractivity contribution is 0.0947. The molecule has 0 bridgehead atoms. The van der Waals surface area contributed by atoms with Gasteiger partial charge in [-0.1, -0.05) is 11.6 Å². The van der Waals surface area contributed by atoms with E-state index in [-0.39, 0.29) is 12.5 Å². The van der Waals surface area contributed by atoms with Crippen LogP contribution in [-0.2, 0) is 6.54 Å². The SMILES string of the molecule is Cc1cnc(CNC(=O)c2ccc(Br)c(Cl)c2)o1. The molecule has 0 unspecified atom stereocenters. The van der Waals surface area contributed by atoms with Crippen LogP contribution < -0.4 is 5.32 Å². The van der Waals surface area contributed by atoms with Crippen molar-refractivity contribution in [2.24, 2.45) is 0 Å². The molecule has 18 heavy (non-hydrogen) atoms. The van der Waals surface area contributed by atoms with Gasteiger partial charge >= 0.3 is 0 Å². The number of hydrogen-bond donors (Lipinski definition) is 1. The molecule has 94 valence electrons. The van der Waals surface area contributed by atoms with Gasteiger partial charge in [0.15, 0.2) is 0 Å². The van der Waals surface area contributed by atoms with Crippen molar-refractivity contribution in [3.05, 3.63) is 51.1 Å². The molecule has 1 aromatic carbocycles. The van der Waals surface area contributed by atoms with Crippen molar-refractivity contribution < 1.29 is 9.21 Å². The molecule has 1 aromatic heterocycles. The first kappa shape index (κ1) is 13.1. The number of oxazole rings is 1. The molecule has 4 nitrogen and oxygen atoms in total. The minimum Gasteiger partial charge on any atom is -0.444 e. The second-order valence-corrected chi connectivity index (χ2v) is 4.94. The molecule has 1 heterocycles. The highest BCUT2D eigenvalue weighted by Crippen LogP contribution is 2.23. The van der Waals surface area contributed by atoms with E-state index in [0.29, 0.717) is 22.2 Å². The van der Waals surface area contributed by atoms with Crippen molar-refractivity contribution in [3.8, 4) is 0 Å². The van der Waals surface area contributed by atoms with Crippen LogP contribution in [-0.4, -0.2) is 10.9 Å². The van der Waals surface area contributed by atoms with E-state index in [1.165, 1.54) is 0 Å². The fourth-order valence-electron chi connectivity index (χ4n) is 1.38. The Morgan fingerprint density at radius 2 is 2.33 bits per heavy atom. The van der Waals surface area contributed by atoms with Crippen LogP contribution in [0.2, 0.25) is 5.02 Å². The highest BCUT2D eigenvalue weighted by atomic mass is 79.9. The summed E-state index contributed by atoms with van der Waals surface area (Å²) in [4.78, 5) is 15.8. The lowest BCUT2D eigenvalue weighted by atomic mass is 10.2. The zero-order chi connectivity index (χ0) is 13.1. The summed E-state index contributed by atoms with van der Waals surface area (Å²) >= 11 is 9.19. The van der Waals surface area contributed by atoms with Gasteiger partial charge in [0.25, 0.3) is 5.91 Å². The van der Waals surface area contributed by atoms with Gasteiger partial charge in [0, 0.05) is 10.0 Å². The van der Waals surface area contributed by atoms with Crippen molar-refractivity contribution in [1.29, 1.82) is 0 Å². The maximum Gasteiger partial charge on any atom is 0.251 e. The molecular formula is C12H10BrClN2O2. The zero-order valence-electron chi connectivity index (χ0n) is 9.54. The Kier molecular flexibility index (Phi) is 4.04. The van der Waals surface area contributed by atoms with Gasteiger partial charge in [0.2, 0.25) is 5.89 Å². The average Bonchev–Trinajstić information content (AvgIpc) is 2.75. The molecule has 0 fully saturated rings. The van der Waals surface area contributed by atoms with E-state index in [0.717, 1.165) is 4.47 Å². The van der Waals surface area contributed by atoms with Gasteiger partial charge < -0.3 is 9.73 Å². The second-order valence-electron chi connectivity index (χ2n) is 3.68. The Morgan fingerprint density at radius 3 is 2.94 bits per heavy atom. The second kappa shape index (κ2) is 5.54. The summed E-state index contributed by atoms with van der Waals surface area (Å²) in [5.74, 6) is 0.968. The molecule has 0 aliphatic rings. The normalized spacial score (nSPS) is 10.4. The molecule has 0 aliphatic heterocycles. The number of carbonyl (C=O) groups is 1. The third kappa shape index (κ3) is 3.11. The quantitative estimate of drug-likeness (QED) is 0.939. The van der Waals surface area contributed by atoms with Gasteiger partial charge in [-0.2, -0.15) is 0 Å². The predicted molar refractivity (Wildman–Crippen MR) is 71.6 cm³/mol. The Morgan fingerprint density at radius 1 is 1.56 bits per heavy atom. The molecule has 0 saturated carbocycles. The molecular weight excluding hydrogens is 320 g/mol. The highest BCUT2D eigenvalue weighted by molar-refractivity contribution is 9.10. The number of halogens is 2. The Balaban J connectivity index is 2.01. The zero-order valence-corrected chi connectivity index (χ0v) is 11.9. The van der Waals surface area contributed by atoms with Crippen LogP contribution >= 0.6 is 27.5 Å². The van der Waals surface area contributed by atoms with Gasteiger partial charge in [-0.05, 0) is 41.1 Å². The van der Waals surface area contributed by atoms with Gasteiger partial charge in [0.1, 0.15) is 5.76 Å². The van der Waals surface area contributed by atoms with Crippen LogP contribution in [0.3, 0.4) is 0 Å². The minimum absolute atomic E-state index is 0.222. The van der Waals surface area contributed by atoms with Crippen molar-refractivity contribution in [3.63, 3.8) is 0 Å². The van der Waals surface area contributed by atoms with Crippen molar-refractivity contribution in [2.75, 3.05) is 0 Å². The summed E-state index contributed by atoms with van der Waals surface area (Å²) < 4.78 is 6.01. The number of carbonyl (C=O) groups excluding carboxylic acids is 1. The van der Waals surface area contributed by atoms with E-state index >= 15 is 0 Å². The van der Waals surface area contributed by atoms with Crippen LogP contribution in [0.25, 0.3) is 0 Å². The summed E-state index contributed by atoms with van der Waals surface area (Å²) in [5, 5.41) is 3.20. The monoisotopic (exact) mass is 328 g/mol.